The number of carboxylic acid groups (broad SMARTS) is 1. The second-order valence-electron chi connectivity index (χ2n) is 6.26. The summed E-state index contributed by atoms with van der Waals surface area (Å²) >= 11 is 0. The number of carbonyl (C=O) groups is 1. The zero-order chi connectivity index (χ0) is 16.3. The zero-order valence-corrected chi connectivity index (χ0v) is 13.2. The molecule has 1 aliphatic heterocycles. The number of aryl methyl sites for hydroxylation is 1. The molecule has 4 nitrogen and oxygen atoms in total. The van der Waals surface area contributed by atoms with Gasteiger partial charge in [-0.1, -0.05) is 31.5 Å². The maximum absolute atomic E-state index is 14.1. The molecule has 1 fully saturated rings. The van der Waals surface area contributed by atoms with Gasteiger partial charge >= 0.3 is 5.97 Å². The van der Waals surface area contributed by atoms with Gasteiger partial charge in [-0.3, -0.25) is 9.69 Å². The van der Waals surface area contributed by atoms with Gasteiger partial charge in [0.05, 0.1) is 11.5 Å². The Kier molecular flexibility index (Phi) is 5.19. The van der Waals surface area contributed by atoms with Crippen LogP contribution in [-0.2, 0) is 11.3 Å². The predicted octanol–water partition coefficient (Wildman–Crippen LogP) is 2.57. The summed E-state index contributed by atoms with van der Waals surface area (Å²) in [4.78, 5) is 13.5. The average Bonchev–Trinajstić information content (AvgIpc) is 2.47. The molecular formula is C17H24FNO3. The van der Waals surface area contributed by atoms with Gasteiger partial charge < -0.3 is 10.2 Å². The van der Waals surface area contributed by atoms with E-state index in [0.29, 0.717) is 37.1 Å². The van der Waals surface area contributed by atoms with E-state index in [-0.39, 0.29) is 12.4 Å². The van der Waals surface area contributed by atoms with Crippen molar-refractivity contribution in [2.75, 3.05) is 13.1 Å². The quantitative estimate of drug-likeness (QED) is 0.877. The molecule has 22 heavy (non-hydrogen) atoms. The minimum Gasteiger partial charge on any atom is -0.481 e. The summed E-state index contributed by atoms with van der Waals surface area (Å²) in [6.07, 6.45) is 0.656. The third-order valence-electron chi connectivity index (χ3n) is 4.73. The van der Waals surface area contributed by atoms with Crippen molar-refractivity contribution in [2.24, 2.45) is 5.41 Å². The maximum atomic E-state index is 14.1. The summed E-state index contributed by atoms with van der Waals surface area (Å²) in [5, 5.41) is 19.9. The van der Waals surface area contributed by atoms with Gasteiger partial charge in [0, 0.05) is 18.7 Å². The predicted molar refractivity (Wildman–Crippen MR) is 82.0 cm³/mol. The number of likely N-dealkylation sites (tertiary alicyclic amines) is 1. The summed E-state index contributed by atoms with van der Waals surface area (Å²) < 4.78 is 14.1. The summed E-state index contributed by atoms with van der Waals surface area (Å²) in [6, 6.07) is 5.27. The van der Waals surface area contributed by atoms with Crippen molar-refractivity contribution in [3.05, 3.63) is 35.1 Å². The number of aliphatic carboxylic acids is 1. The van der Waals surface area contributed by atoms with Crippen LogP contribution < -0.4 is 0 Å². The summed E-state index contributed by atoms with van der Waals surface area (Å²) in [5.41, 5.74) is 0.127. The molecule has 122 valence electrons. The normalized spacial score (nSPS) is 26.1. The van der Waals surface area contributed by atoms with Crippen molar-refractivity contribution >= 4 is 5.97 Å². The Morgan fingerprint density at radius 1 is 1.50 bits per heavy atom. The largest absolute Gasteiger partial charge is 0.481 e. The number of hydrogen-bond donors (Lipinski definition) is 2. The highest BCUT2D eigenvalue weighted by Crippen LogP contribution is 2.37. The number of β-amino-alcohol motifs (C(OH)–C–C–N with tert-alkyl or cyclic N) is 1. The lowest BCUT2D eigenvalue weighted by molar-refractivity contribution is -0.164. The van der Waals surface area contributed by atoms with Crippen molar-refractivity contribution in [3.63, 3.8) is 0 Å². The molecule has 5 heteroatoms. The van der Waals surface area contributed by atoms with E-state index in [1.54, 1.807) is 19.1 Å². The SMILES string of the molecule is CCC[C@]1(C(=O)O)CCN(Cc2cccc(C)c2F)C[C@@H]1O. The standard InChI is InChI=1S/C17H24FNO3/c1-3-7-17(16(21)22)8-9-19(11-14(17)20)10-13-6-4-5-12(2)15(13)18/h4-6,14,20H,3,7-11H2,1-2H3,(H,21,22)/t14-,17-/m0/s1. The van der Waals surface area contributed by atoms with E-state index in [2.05, 4.69) is 0 Å². The molecule has 0 unspecified atom stereocenters. The second kappa shape index (κ2) is 6.75. The van der Waals surface area contributed by atoms with Gasteiger partial charge in [0.1, 0.15) is 5.82 Å². The van der Waals surface area contributed by atoms with E-state index in [1.165, 1.54) is 0 Å². The first-order valence-corrected chi connectivity index (χ1v) is 7.78. The number of carboxylic acids is 1. The van der Waals surface area contributed by atoms with Gasteiger partial charge in [0.25, 0.3) is 0 Å². The molecule has 0 saturated carbocycles. The number of halogens is 1. The smallest absolute Gasteiger partial charge is 0.312 e. The molecule has 1 aromatic carbocycles. The van der Waals surface area contributed by atoms with Crippen molar-refractivity contribution in [1.29, 1.82) is 0 Å². The van der Waals surface area contributed by atoms with E-state index in [0.717, 1.165) is 6.42 Å². The number of hydrogen-bond acceptors (Lipinski definition) is 3. The lowest BCUT2D eigenvalue weighted by atomic mass is 9.72. The molecule has 0 spiro atoms. The summed E-state index contributed by atoms with van der Waals surface area (Å²) in [7, 11) is 0. The molecule has 1 heterocycles. The Labute approximate surface area is 130 Å². The van der Waals surface area contributed by atoms with E-state index in [1.807, 2.05) is 17.9 Å². The first-order chi connectivity index (χ1) is 10.4. The van der Waals surface area contributed by atoms with Crippen LogP contribution in [-0.4, -0.2) is 40.3 Å². The van der Waals surface area contributed by atoms with Crippen LogP contribution in [0.3, 0.4) is 0 Å². The highest BCUT2D eigenvalue weighted by atomic mass is 19.1. The number of nitrogens with zero attached hydrogens (tertiary/aromatic N) is 1. The molecule has 0 aromatic heterocycles. The van der Waals surface area contributed by atoms with Crippen LogP contribution in [0.15, 0.2) is 18.2 Å². The maximum Gasteiger partial charge on any atom is 0.312 e. The number of piperidine rings is 1. The zero-order valence-electron chi connectivity index (χ0n) is 13.2. The molecule has 1 aromatic rings. The minimum absolute atomic E-state index is 0.222. The molecule has 2 N–H and O–H groups in total. The fourth-order valence-electron chi connectivity index (χ4n) is 3.34. The van der Waals surface area contributed by atoms with Gasteiger partial charge in [-0.25, -0.2) is 4.39 Å². The van der Waals surface area contributed by atoms with Gasteiger partial charge in [-0.05, 0) is 31.9 Å². The average molecular weight is 309 g/mol. The molecular weight excluding hydrogens is 285 g/mol. The molecule has 2 atom stereocenters. The fraction of sp³-hybridized carbons (Fsp3) is 0.588. The lowest BCUT2D eigenvalue weighted by Gasteiger charge is -2.42. The van der Waals surface area contributed by atoms with Crippen LogP contribution in [0, 0.1) is 18.2 Å². The topological polar surface area (TPSA) is 60.8 Å². The van der Waals surface area contributed by atoms with Crippen molar-refractivity contribution in [1.82, 2.24) is 4.90 Å². The molecule has 0 radical (unpaired) electrons. The van der Waals surface area contributed by atoms with Gasteiger partial charge in [-0.2, -0.15) is 0 Å². The third kappa shape index (κ3) is 3.15. The van der Waals surface area contributed by atoms with Crippen LogP contribution in [0.25, 0.3) is 0 Å². The lowest BCUT2D eigenvalue weighted by Crippen LogP contribution is -2.54. The molecule has 0 aliphatic carbocycles. The highest BCUT2D eigenvalue weighted by Gasteiger charge is 2.47. The monoisotopic (exact) mass is 309 g/mol. The summed E-state index contributed by atoms with van der Waals surface area (Å²) in [6.45, 7) is 4.86. The van der Waals surface area contributed by atoms with Crippen LogP contribution in [0.5, 0.6) is 0 Å². The molecule has 2 rings (SSSR count). The van der Waals surface area contributed by atoms with Crippen molar-refractivity contribution in [2.45, 2.75) is 45.8 Å². The van der Waals surface area contributed by atoms with Gasteiger partial charge in [-0.15, -0.1) is 0 Å². The first-order valence-electron chi connectivity index (χ1n) is 7.78. The van der Waals surface area contributed by atoms with Crippen LogP contribution in [0.1, 0.15) is 37.3 Å². The Hall–Kier alpha value is -1.46. The number of rotatable bonds is 5. The summed E-state index contributed by atoms with van der Waals surface area (Å²) in [5.74, 6) is -1.15. The Morgan fingerprint density at radius 2 is 2.23 bits per heavy atom. The van der Waals surface area contributed by atoms with Gasteiger partial charge in [0.2, 0.25) is 0 Å². The van der Waals surface area contributed by atoms with E-state index in [4.69, 9.17) is 0 Å². The Bertz CT molecular complexity index is 549. The van der Waals surface area contributed by atoms with E-state index in [9.17, 15) is 19.4 Å². The fourth-order valence-corrected chi connectivity index (χ4v) is 3.34. The number of aliphatic hydroxyl groups excluding tert-OH is 1. The first kappa shape index (κ1) is 16.9. The van der Waals surface area contributed by atoms with Crippen molar-refractivity contribution in [3.8, 4) is 0 Å². The van der Waals surface area contributed by atoms with Crippen LogP contribution in [0.2, 0.25) is 0 Å². The number of aliphatic hydroxyl groups is 1. The minimum atomic E-state index is -1.06. The van der Waals surface area contributed by atoms with Crippen LogP contribution >= 0.6 is 0 Å². The van der Waals surface area contributed by atoms with Crippen LogP contribution in [0.4, 0.5) is 4.39 Å². The molecule has 0 bridgehead atoms. The van der Waals surface area contributed by atoms with E-state index < -0.39 is 17.5 Å². The molecule has 0 amide bonds. The molecule has 1 saturated heterocycles. The number of benzene rings is 1. The Morgan fingerprint density at radius 3 is 2.82 bits per heavy atom. The molecule has 1 aliphatic rings. The second-order valence-corrected chi connectivity index (χ2v) is 6.26. The Balaban J connectivity index is 2.09. The van der Waals surface area contributed by atoms with E-state index >= 15 is 0 Å². The van der Waals surface area contributed by atoms with Gasteiger partial charge in [0.15, 0.2) is 0 Å². The third-order valence-corrected chi connectivity index (χ3v) is 4.73. The highest BCUT2D eigenvalue weighted by molar-refractivity contribution is 5.75. The van der Waals surface area contributed by atoms with Crippen molar-refractivity contribution < 1.29 is 19.4 Å².